The van der Waals surface area contributed by atoms with Crippen LogP contribution in [0.1, 0.15) is 84.8 Å². The Morgan fingerprint density at radius 1 is 1.00 bits per heavy atom. The molecule has 33 heavy (non-hydrogen) atoms. The second-order valence-corrected chi connectivity index (χ2v) is 9.25. The van der Waals surface area contributed by atoms with Crippen LogP contribution in [0.25, 0.3) is 0 Å². The Morgan fingerprint density at radius 2 is 1.58 bits per heavy atom. The quantitative estimate of drug-likeness (QED) is 0.314. The summed E-state index contributed by atoms with van der Waals surface area (Å²) in [5, 5.41) is 0. The Kier molecular flexibility index (Phi) is 22.0. The maximum atomic E-state index is 8.81. The lowest BCUT2D eigenvalue weighted by atomic mass is 9.94. The van der Waals surface area contributed by atoms with Gasteiger partial charge in [-0.05, 0) is 56.6 Å². The van der Waals surface area contributed by atoms with Crippen LogP contribution in [0.2, 0.25) is 0 Å². The van der Waals surface area contributed by atoms with E-state index in [0.29, 0.717) is 0 Å². The Balaban J connectivity index is 0. The highest BCUT2D eigenvalue weighted by Crippen LogP contribution is 2.23. The van der Waals surface area contributed by atoms with Gasteiger partial charge in [0.15, 0.2) is 0 Å². The lowest BCUT2D eigenvalue weighted by molar-refractivity contribution is -0.106. The van der Waals surface area contributed by atoms with Gasteiger partial charge in [0.1, 0.15) is 6.29 Å². The first-order chi connectivity index (χ1) is 15.0. The summed E-state index contributed by atoms with van der Waals surface area (Å²) in [4.78, 5) is 14.2. The molecule has 1 aliphatic carbocycles. The molecule has 2 aliphatic rings. The van der Waals surface area contributed by atoms with Crippen molar-refractivity contribution < 1.29 is 4.79 Å². The molecule has 0 unspecified atom stereocenters. The highest BCUT2D eigenvalue weighted by Gasteiger charge is 2.24. The van der Waals surface area contributed by atoms with Crippen LogP contribution >= 0.6 is 12.4 Å². The zero-order valence-corrected chi connectivity index (χ0v) is 22.2. The van der Waals surface area contributed by atoms with Crippen LogP contribution in [-0.2, 0) is 11.2 Å². The molecular formula is C29H53ClN2O. The number of hydrogen-bond donors (Lipinski definition) is 0. The second kappa shape index (κ2) is 21.4. The lowest BCUT2D eigenvalue weighted by Crippen LogP contribution is -2.50. The minimum atomic E-state index is 0. The molecule has 0 aromatic heterocycles. The highest BCUT2D eigenvalue weighted by molar-refractivity contribution is 5.85. The average Bonchev–Trinajstić information content (AvgIpc) is 2.79. The molecule has 192 valence electrons. The van der Waals surface area contributed by atoms with Gasteiger partial charge < -0.3 is 4.79 Å². The minimum Gasteiger partial charge on any atom is -0.304 e. The van der Waals surface area contributed by atoms with Crippen molar-refractivity contribution in [3.63, 3.8) is 0 Å². The molecule has 1 saturated heterocycles. The van der Waals surface area contributed by atoms with Gasteiger partial charge in [0.2, 0.25) is 0 Å². The number of aldehydes is 1. The molecule has 2 fully saturated rings. The first-order valence-corrected chi connectivity index (χ1v) is 12.6. The third-order valence-corrected chi connectivity index (χ3v) is 6.28. The van der Waals surface area contributed by atoms with Gasteiger partial charge in [-0.2, -0.15) is 0 Å². The third-order valence-electron chi connectivity index (χ3n) is 6.28. The van der Waals surface area contributed by atoms with Crippen LogP contribution in [0.15, 0.2) is 36.4 Å². The molecule has 3 nitrogen and oxygen atoms in total. The van der Waals surface area contributed by atoms with Crippen LogP contribution in [0.5, 0.6) is 0 Å². The van der Waals surface area contributed by atoms with E-state index in [2.05, 4.69) is 73.9 Å². The van der Waals surface area contributed by atoms with Crippen LogP contribution in [0.3, 0.4) is 0 Å². The molecule has 0 amide bonds. The van der Waals surface area contributed by atoms with Gasteiger partial charge in [-0.1, -0.05) is 83.9 Å². The molecule has 1 aliphatic heterocycles. The molecule has 1 aromatic carbocycles. The number of carbonyl (C=O) groups excluding carboxylic acids is 1. The van der Waals surface area contributed by atoms with E-state index in [-0.39, 0.29) is 19.8 Å². The third kappa shape index (κ3) is 15.4. The van der Waals surface area contributed by atoms with Gasteiger partial charge in [-0.3, -0.25) is 9.80 Å². The molecule has 3 rings (SSSR count). The number of rotatable bonds is 6. The molecule has 0 atom stereocenters. The molecule has 0 bridgehead atoms. The minimum absolute atomic E-state index is 0. The lowest BCUT2D eigenvalue weighted by Gasteiger charge is -2.40. The average molecular weight is 481 g/mol. The van der Waals surface area contributed by atoms with E-state index in [1.165, 1.54) is 82.8 Å². The number of hydrogen-bond acceptors (Lipinski definition) is 3. The summed E-state index contributed by atoms with van der Waals surface area (Å²) in [5.41, 5.74) is 2.86. The Morgan fingerprint density at radius 3 is 2.06 bits per heavy atom. The number of halogens is 1. The second-order valence-electron chi connectivity index (χ2n) is 9.25. The summed E-state index contributed by atoms with van der Waals surface area (Å²) >= 11 is 0. The molecule has 1 heterocycles. The van der Waals surface area contributed by atoms with Crippen molar-refractivity contribution in [2.75, 3.05) is 32.7 Å². The summed E-state index contributed by atoms with van der Waals surface area (Å²) in [6.07, 6.45) is 15.1. The zero-order chi connectivity index (χ0) is 22.9. The van der Waals surface area contributed by atoms with Crippen molar-refractivity contribution in [3.05, 3.63) is 47.5 Å². The maximum Gasteiger partial charge on any atom is 0.116 e. The van der Waals surface area contributed by atoms with E-state index >= 15 is 0 Å². The summed E-state index contributed by atoms with van der Waals surface area (Å²) in [7, 11) is 0. The van der Waals surface area contributed by atoms with Crippen LogP contribution in [0, 0.1) is 12.8 Å². The van der Waals surface area contributed by atoms with Crippen LogP contribution in [0.4, 0.5) is 0 Å². The van der Waals surface area contributed by atoms with Gasteiger partial charge >= 0.3 is 0 Å². The largest absolute Gasteiger partial charge is 0.304 e. The van der Waals surface area contributed by atoms with E-state index in [1.807, 2.05) is 0 Å². The van der Waals surface area contributed by atoms with E-state index in [9.17, 15) is 0 Å². The topological polar surface area (TPSA) is 23.6 Å². The first-order valence-electron chi connectivity index (χ1n) is 12.6. The van der Waals surface area contributed by atoms with Crippen molar-refractivity contribution in [1.82, 2.24) is 9.80 Å². The molecule has 0 radical (unpaired) electrons. The molecular weight excluding hydrogens is 428 g/mol. The van der Waals surface area contributed by atoms with Gasteiger partial charge in [-0.25, -0.2) is 0 Å². The monoisotopic (exact) mass is 480 g/mol. The summed E-state index contributed by atoms with van der Waals surface area (Å²) in [5.74, 6) is 0.791. The van der Waals surface area contributed by atoms with E-state index in [4.69, 9.17) is 4.79 Å². The van der Waals surface area contributed by atoms with Crippen molar-refractivity contribution in [3.8, 4) is 0 Å². The standard InChI is InChI=1S/C17H32N2.C9H12.C2H4O.CH4.ClH/c1-16(2)8-6-7-11-18-12-14-19(15-13-18)17-9-4-3-5-10-17;1-3-9-7-5-4-6-8(9)2;1-2-3;;/h6-7,16-17H,3-5,8-15H2,1-2H3;4-7H,3H2,1-2H3;2H,1H3;1H4;1H/b7-6+;;;;. The van der Waals surface area contributed by atoms with Gasteiger partial charge in [0.25, 0.3) is 0 Å². The van der Waals surface area contributed by atoms with E-state index in [0.717, 1.165) is 31.2 Å². The number of aryl methyl sites for hydroxylation is 2. The number of allylic oxidation sites excluding steroid dienone is 1. The Bertz CT molecular complexity index is 603. The summed E-state index contributed by atoms with van der Waals surface area (Å²) < 4.78 is 0. The number of nitrogens with zero attached hydrogens (tertiary/aromatic N) is 2. The van der Waals surface area contributed by atoms with Crippen LogP contribution in [-0.4, -0.2) is 54.9 Å². The fourth-order valence-electron chi connectivity index (χ4n) is 4.36. The van der Waals surface area contributed by atoms with E-state index in [1.54, 1.807) is 0 Å². The maximum absolute atomic E-state index is 8.81. The van der Waals surface area contributed by atoms with Gasteiger partial charge in [0, 0.05) is 38.8 Å². The number of piperazine rings is 1. The fraction of sp³-hybridized carbons (Fsp3) is 0.690. The summed E-state index contributed by atoms with van der Waals surface area (Å²) in [6.45, 7) is 16.6. The fourth-order valence-corrected chi connectivity index (χ4v) is 4.36. The van der Waals surface area contributed by atoms with Gasteiger partial charge in [0.05, 0.1) is 0 Å². The first kappa shape index (κ1) is 34.0. The molecule has 1 saturated carbocycles. The van der Waals surface area contributed by atoms with Crippen molar-refractivity contribution in [1.29, 1.82) is 0 Å². The molecule has 0 N–H and O–H groups in total. The van der Waals surface area contributed by atoms with Gasteiger partial charge in [-0.15, -0.1) is 12.4 Å². The van der Waals surface area contributed by atoms with E-state index < -0.39 is 0 Å². The Labute approximate surface area is 212 Å². The molecule has 0 spiro atoms. The number of benzene rings is 1. The Hall–Kier alpha value is -1.16. The predicted molar refractivity (Wildman–Crippen MR) is 150 cm³/mol. The molecule has 1 aromatic rings. The summed E-state index contributed by atoms with van der Waals surface area (Å²) in [6, 6.07) is 9.40. The molecule has 4 heteroatoms. The van der Waals surface area contributed by atoms with Crippen LogP contribution < -0.4 is 0 Å². The normalized spacial score (nSPS) is 17.2. The smallest absolute Gasteiger partial charge is 0.116 e. The predicted octanol–water partition coefficient (Wildman–Crippen LogP) is 7.36. The zero-order valence-electron chi connectivity index (χ0n) is 21.4. The SMILES string of the molecule is C.CC(C)C/C=C/CN1CCN(C2CCCCC2)CC1.CC=O.CCc1ccccc1C.Cl. The van der Waals surface area contributed by atoms with Crippen molar-refractivity contribution >= 4 is 18.7 Å². The highest BCUT2D eigenvalue weighted by atomic mass is 35.5. The van der Waals surface area contributed by atoms with Crippen molar-refractivity contribution in [2.24, 2.45) is 5.92 Å². The number of carbonyl (C=O) groups is 1. The van der Waals surface area contributed by atoms with Crippen molar-refractivity contribution in [2.45, 2.75) is 93.0 Å².